The summed E-state index contributed by atoms with van der Waals surface area (Å²) in [5.74, 6) is 2.22. The predicted molar refractivity (Wildman–Crippen MR) is 340 cm³/mol. The van der Waals surface area contributed by atoms with Crippen molar-refractivity contribution < 1.29 is 9.47 Å². The van der Waals surface area contributed by atoms with E-state index in [1.165, 1.54) is 305 Å². The summed E-state index contributed by atoms with van der Waals surface area (Å²) in [6, 6.07) is 9.86. The van der Waals surface area contributed by atoms with Crippen LogP contribution in [0.4, 0.5) is 0 Å². The zero-order valence-electron chi connectivity index (χ0n) is 47.6. The highest BCUT2D eigenvalue weighted by atomic mass is 79.9. The molecule has 74 heavy (non-hydrogen) atoms. The molecule has 0 unspecified atom stereocenters. The van der Waals surface area contributed by atoms with Crippen molar-refractivity contribution in [2.24, 2.45) is 0 Å². The molecule has 0 aliphatic carbocycles. The highest BCUT2D eigenvalue weighted by Gasteiger charge is 2.45. The average Bonchev–Trinajstić information content (AvgIpc) is 4.21. The zero-order chi connectivity index (χ0) is 52.1. The van der Waals surface area contributed by atoms with Gasteiger partial charge in [-0.2, -0.15) is 0 Å². The van der Waals surface area contributed by atoms with Crippen molar-refractivity contribution in [2.75, 3.05) is 0 Å². The van der Waals surface area contributed by atoms with E-state index in [0.29, 0.717) is 0 Å². The van der Waals surface area contributed by atoms with Crippen LogP contribution in [0.3, 0.4) is 0 Å². The summed E-state index contributed by atoms with van der Waals surface area (Å²) in [7, 11) is 0. The molecule has 6 heterocycles. The Bertz CT molecular complexity index is 1900. The SMILES string of the molecule is CCCCCCCCCCCCC1(CCCCCCCCCCCC)Oc2cc(Br)sc2-c2sc(-c3cc4c(s3)-c3sc(Br)cc3OC4(CCCCCCCCCCCC)CCCCCCCCCCCC)cc21. The lowest BCUT2D eigenvalue weighted by Crippen LogP contribution is -2.35. The highest BCUT2D eigenvalue weighted by Crippen LogP contribution is 2.61. The van der Waals surface area contributed by atoms with E-state index in [4.69, 9.17) is 9.47 Å². The number of fused-ring (bicyclic) bond motifs is 6. The van der Waals surface area contributed by atoms with E-state index >= 15 is 0 Å². The minimum Gasteiger partial charge on any atom is -0.481 e. The van der Waals surface area contributed by atoms with Gasteiger partial charge in [-0.15, -0.1) is 45.3 Å². The zero-order valence-corrected chi connectivity index (χ0v) is 54.1. The molecule has 4 aromatic heterocycles. The third kappa shape index (κ3) is 19.9. The maximum absolute atomic E-state index is 7.51. The van der Waals surface area contributed by atoms with Gasteiger partial charge in [0.1, 0.15) is 22.7 Å². The van der Waals surface area contributed by atoms with E-state index in [1.807, 2.05) is 22.7 Å². The molecule has 2 nitrogen and oxygen atoms in total. The fourth-order valence-corrected chi connectivity index (χ4v) is 18.2. The van der Waals surface area contributed by atoms with Gasteiger partial charge in [0.2, 0.25) is 0 Å². The van der Waals surface area contributed by atoms with Crippen molar-refractivity contribution in [3.63, 3.8) is 0 Å². The van der Waals surface area contributed by atoms with E-state index in [0.717, 1.165) is 37.2 Å². The first-order valence-corrected chi connectivity index (χ1v) is 36.5. The van der Waals surface area contributed by atoms with Crippen molar-refractivity contribution in [3.8, 4) is 40.8 Å². The second-order valence-electron chi connectivity index (χ2n) is 23.1. The molecule has 0 amide bonds. The van der Waals surface area contributed by atoms with E-state index in [-0.39, 0.29) is 11.2 Å². The number of hydrogen-bond donors (Lipinski definition) is 0. The summed E-state index contributed by atoms with van der Waals surface area (Å²) >= 11 is 15.7. The minimum atomic E-state index is -0.279. The Hall–Kier alpha value is -0.640. The van der Waals surface area contributed by atoms with E-state index in [1.54, 1.807) is 0 Å². The maximum Gasteiger partial charge on any atom is 0.141 e. The van der Waals surface area contributed by atoms with Gasteiger partial charge in [0, 0.05) is 33.0 Å². The molecule has 6 rings (SSSR count). The minimum absolute atomic E-state index is 0.279. The van der Waals surface area contributed by atoms with Gasteiger partial charge in [-0.25, -0.2) is 0 Å². The molecule has 2 aliphatic heterocycles. The predicted octanol–water partition coefficient (Wildman–Crippen LogP) is 26.9. The number of thiophene rings is 4. The van der Waals surface area contributed by atoms with E-state index in [9.17, 15) is 0 Å². The van der Waals surface area contributed by atoms with Gasteiger partial charge in [-0.05, 0) is 95.4 Å². The van der Waals surface area contributed by atoms with E-state index in [2.05, 4.69) is 106 Å². The first-order chi connectivity index (χ1) is 36.4. The third-order valence-electron chi connectivity index (χ3n) is 16.8. The van der Waals surface area contributed by atoms with Crippen molar-refractivity contribution in [1.82, 2.24) is 0 Å². The smallest absolute Gasteiger partial charge is 0.141 e. The molecule has 0 bridgehead atoms. The Morgan fingerprint density at radius 2 is 0.527 bits per heavy atom. The van der Waals surface area contributed by atoms with Crippen LogP contribution in [0.5, 0.6) is 11.5 Å². The Balaban J connectivity index is 1.24. The fourth-order valence-electron chi connectivity index (χ4n) is 12.3. The number of unbranched alkanes of at least 4 members (excludes halogenated alkanes) is 36. The molecule has 0 saturated heterocycles. The summed E-state index contributed by atoms with van der Waals surface area (Å²) in [4.78, 5) is 8.45. The first kappa shape index (κ1) is 62.6. The number of rotatable bonds is 45. The molecule has 2 aliphatic rings. The van der Waals surface area contributed by atoms with Gasteiger partial charge in [-0.1, -0.05) is 259 Å². The molecule has 0 radical (unpaired) electrons. The van der Waals surface area contributed by atoms with Crippen LogP contribution in [0.2, 0.25) is 0 Å². The lowest BCUT2D eigenvalue weighted by Gasteiger charge is -2.38. The van der Waals surface area contributed by atoms with Crippen LogP contribution in [0.25, 0.3) is 29.3 Å². The van der Waals surface area contributed by atoms with Gasteiger partial charge in [0.05, 0.1) is 27.1 Å². The second kappa shape index (κ2) is 35.9. The van der Waals surface area contributed by atoms with Gasteiger partial charge in [-0.3, -0.25) is 0 Å². The van der Waals surface area contributed by atoms with Crippen molar-refractivity contribution in [3.05, 3.63) is 43.0 Å². The summed E-state index contributed by atoms with van der Waals surface area (Å²) in [6.07, 6.45) is 59.0. The van der Waals surface area contributed by atoms with Crippen LogP contribution >= 0.6 is 77.2 Å². The molecule has 0 spiro atoms. The molecule has 0 aromatic carbocycles. The third-order valence-corrected chi connectivity index (χ3v) is 22.8. The van der Waals surface area contributed by atoms with Gasteiger partial charge >= 0.3 is 0 Å². The molecular formula is C66H104Br2O2S4. The van der Waals surface area contributed by atoms with Crippen LogP contribution in [-0.4, -0.2) is 0 Å². The molecule has 0 atom stereocenters. The number of halogens is 2. The monoisotopic (exact) mass is 1210 g/mol. The van der Waals surface area contributed by atoms with Gasteiger partial charge in [0.15, 0.2) is 0 Å². The lowest BCUT2D eigenvalue weighted by molar-refractivity contribution is 0.0394. The number of hydrogen-bond acceptors (Lipinski definition) is 6. The van der Waals surface area contributed by atoms with Crippen molar-refractivity contribution in [1.29, 1.82) is 0 Å². The van der Waals surface area contributed by atoms with Crippen molar-refractivity contribution >= 4 is 77.2 Å². The molecule has 4 aromatic rings. The van der Waals surface area contributed by atoms with Crippen LogP contribution in [0.15, 0.2) is 31.8 Å². The van der Waals surface area contributed by atoms with Crippen LogP contribution in [0, 0.1) is 0 Å². The molecule has 0 saturated carbocycles. The highest BCUT2D eigenvalue weighted by molar-refractivity contribution is 9.11. The topological polar surface area (TPSA) is 18.5 Å². The van der Waals surface area contributed by atoms with Crippen LogP contribution < -0.4 is 9.47 Å². The van der Waals surface area contributed by atoms with Gasteiger partial charge < -0.3 is 9.47 Å². The summed E-state index contributed by atoms with van der Waals surface area (Å²) < 4.78 is 17.4. The van der Waals surface area contributed by atoms with Crippen LogP contribution in [0.1, 0.15) is 321 Å². The lowest BCUT2D eigenvalue weighted by atomic mass is 9.81. The molecule has 0 fully saturated rings. The normalized spacial score (nSPS) is 14.2. The molecular weight excluding hydrogens is 1110 g/mol. The Morgan fingerprint density at radius 3 is 0.770 bits per heavy atom. The second-order valence-corrected chi connectivity index (χ2v) is 30.1. The quantitative estimate of drug-likeness (QED) is 0.0411. The molecule has 0 N–H and O–H groups in total. The average molecular weight is 1220 g/mol. The van der Waals surface area contributed by atoms with E-state index < -0.39 is 0 Å². The molecule has 418 valence electrons. The Morgan fingerprint density at radius 1 is 0.297 bits per heavy atom. The summed E-state index contributed by atoms with van der Waals surface area (Å²) in [5, 5.41) is 0. The standard InChI is InChI=1S/C66H104Br2O2S4/c1-5-9-13-17-21-25-29-33-37-41-45-65(46-42-38-34-30-26-22-18-14-10-6-2)53-49-57(71-61(53)63-55(69-65)51-59(67)73-63)58-50-54-62(72-58)64-56(52-60(68)74-64)70-66(54,47-43-39-35-31-27-23-19-15-11-7-3)48-44-40-36-32-28-24-20-16-12-8-4/h49-52H,5-48H2,1-4H3. The number of ether oxygens (including phenoxy) is 2. The Labute approximate surface area is 487 Å². The first-order valence-electron chi connectivity index (χ1n) is 31.6. The summed E-state index contributed by atoms with van der Waals surface area (Å²) in [6.45, 7) is 9.29. The Kier molecular flexibility index (Phi) is 30.3. The van der Waals surface area contributed by atoms with Crippen LogP contribution in [-0.2, 0) is 11.2 Å². The largest absolute Gasteiger partial charge is 0.481 e. The maximum atomic E-state index is 7.51. The van der Waals surface area contributed by atoms with Crippen molar-refractivity contribution in [2.45, 2.75) is 321 Å². The molecule has 8 heteroatoms. The summed E-state index contributed by atoms with van der Waals surface area (Å²) in [5.41, 5.74) is 2.41. The van der Waals surface area contributed by atoms with Gasteiger partial charge in [0.25, 0.3) is 0 Å². The fraction of sp³-hybridized carbons (Fsp3) is 0.758.